The van der Waals surface area contributed by atoms with Crippen molar-refractivity contribution in [3.63, 3.8) is 0 Å². The van der Waals surface area contributed by atoms with Crippen LogP contribution in [0.5, 0.6) is 0 Å². The lowest BCUT2D eigenvalue weighted by molar-refractivity contribution is -0.221. The topological polar surface area (TPSA) is 139 Å². The summed E-state index contributed by atoms with van der Waals surface area (Å²) in [5, 5.41) is 9.97. The lowest BCUT2D eigenvalue weighted by Gasteiger charge is -2.30. The number of rotatable bonds is 3. The molecule has 2 N–H and O–H groups in total. The summed E-state index contributed by atoms with van der Waals surface area (Å²) < 4.78 is 24.1. The maximum Gasteiger partial charge on any atom is 0.352 e. The number of aromatic nitrogens is 2. The number of nitriles is 1. The molecule has 10 heteroatoms. The van der Waals surface area contributed by atoms with Crippen LogP contribution in [0.15, 0.2) is 17.1 Å². The highest BCUT2D eigenvalue weighted by Gasteiger charge is 2.65. The first kappa shape index (κ1) is 20.3. The molecule has 2 aliphatic rings. The number of hydrogen-bond acceptors (Lipinski definition) is 9. The molecule has 2 saturated heterocycles. The third kappa shape index (κ3) is 3.37. The Labute approximate surface area is 162 Å². The van der Waals surface area contributed by atoms with Gasteiger partial charge in [-0.2, -0.15) is 10.2 Å². The van der Waals surface area contributed by atoms with E-state index in [1.54, 1.807) is 34.6 Å². The number of carbonyl (C=O) groups is 1. The quantitative estimate of drug-likeness (QED) is 0.729. The van der Waals surface area contributed by atoms with Gasteiger partial charge in [-0.25, -0.2) is 4.79 Å². The van der Waals surface area contributed by atoms with Gasteiger partial charge in [0.1, 0.15) is 30.7 Å². The van der Waals surface area contributed by atoms with Crippen molar-refractivity contribution in [2.24, 2.45) is 5.41 Å². The minimum Gasteiger partial charge on any atom is -0.462 e. The van der Waals surface area contributed by atoms with E-state index in [1.165, 1.54) is 12.3 Å². The van der Waals surface area contributed by atoms with Gasteiger partial charge < -0.3 is 24.7 Å². The summed E-state index contributed by atoms with van der Waals surface area (Å²) in [7, 11) is 0. The van der Waals surface area contributed by atoms with Gasteiger partial charge in [-0.05, 0) is 40.7 Å². The first-order valence-corrected chi connectivity index (χ1v) is 8.87. The van der Waals surface area contributed by atoms with Crippen LogP contribution in [-0.4, -0.2) is 46.2 Å². The molecule has 0 amide bonds. The first-order valence-electron chi connectivity index (χ1n) is 8.87. The number of carbonyl (C=O) groups excluding carboxylic acids is 1. The molecule has 1 aromatic heterocycles. The highest BCUT2D eigenvalue weighted by Crippen LogP contribution is 2.46. The monoisotopic (exact) mass is 392 g/mol. The second-order valence-electron chi connectivity index (χ2n) is 8.34. The van der Waals surface area contributed by atoms with E-state index in [2.05, 4.69) is 4.98 Å². The van der Waals surface area contributed by atoms with Gasteiger partial charge >= 0.3 is 11.7 Å². The lowest BCUT2D eigenvalue weighted by Crippen LogP contribution is -2.49. The van der Waals surface area contributed by atoms with Crippen molar-refractivity contribution in [1.29, 1.82) is 5.26 Å². The molecule has 0 radical (unpaired) electrons. The zero-order chi connectivity index (χ0) is 20.9. The average molecular weight is 392 g/mol. The molecule has 0 bridgehead atoms. The van der Waals surface area contributed by atoms with Crippen molar-refractivity contribution >= 4 is 11.8 Å². The summed E-state index contributed by atoms with van der Waals surface area (Å²) in [4.78, 5) is 28.2. The average Bonchev–Trinajstić information content (AvgIpc) is 3.04. The smallest absolute Gasteiger partial charge is 0.352 e. The fourth-order valence-corrected chi connectivity index (χ4v) is 3.24. The minimum absolute atomic E-state index is 0.0171. The highest BCUT2D eigenvalue weighted by molar-refractivity contribution is 5.75. The van der Waals surface area contributed by atoms with Crippen LogP contribution in [-0.2, 0) is 29.5 Å². The number of anilines is 1. The molecule has 1 aromatic rings. The molecule has 0 spiro atoms. The maximum atomic E-state index is 12.4. The van der Waals surface area contributed by atoms with Crippen LogP contribution in [0, 0.1) is 16.7 Å². The van der Waals surface area contributed by atoms with Gasteiger partial charge in [0, 0.05) is 6.20 Å². The SMILES string of the molecule is CC1(C)O[C@H]2[C@@H](O1)[C@](C#N)(n1ccc(N)nc1=O)O[C@@H]2COC(=O)C(C)(C)C. The zero-order valence-corrected chi connectivity index (χ0v) is 16.5. The Balaban J connectivity index is 1.97. The van der Waals surface area contributed by atoms with Gasteiger partial charge in [0.2, 0.25) is 0 Å². The van der Waals surface area contributed by atoms with E-state index in [-0.39, 0.29) is 12.4 Å². The summed E-state index contributed by atoms with van der Waals surface area (Å²) in [6, 6.07) is 3.41. The van der Waals surface area contributed by atoms with E-state index >= 15 is 0 Å². The molecule has 10 nitrogen and oxygen atoms in total. The van der Waals surface area contributed by atoms with Crippen LogP contribution in [0.25, 0.3) is 0 Å². The number of nitrogen functional groups attached to an aromatic ring is 1. The molecule has 4 atom stereocenters. The van der Waals surface area contributed by atoms with Crippen molar-refractivity contribution < 1.29 is 23.7 Å². The fourth-order valence-electron chi connectivity index (χ4n) is 3.24. The van der Waals surface area contributed by atoms with Crippen molar-refractivity contribution in [2.45, 2.75) is 64.4 Å². The van der Waals surface area contributed by atoms with Crippen molar-refractivity contribution in [3.05, 3.63) is 22.7 Å². The molecule has 152 valence electrons. The Morgan fingerprint density at radius 1 is 1.39 bits per heavy atom. The van der Waals surface area contributed by atoms with E-state index in [9.17, 15) is 14.9 Å². The third-order valence-corrected chi connectivity index (χ3v) is 4.55. The van der Waals surface area contributed by atoms with Gasteiger partial charge in [-0.15, -0.1) is 0 Å². The molecular weight excluding hydrogens is 368 g/mol. The number of nitrogens with zero attached hydrogens (tertiary/aromatic N) is 3. The summed E-state index contributed by atoms with van der Waals surface area (Å²) in [6.45, 7) is 8.41. The normalized spacial score (nSPS) is 31.2. The highest BCUT2D eigenvalue weighted by atomic mass is 16.8. The Hall–Kier alpha value is -2.48. The molecule has 2 fully saturated rings. The Kier molecular flexibility index (Phi) is 4.74. The van der Waals surface area contributed by atoms with Crippen molar-refractivity contribution in [2.75, 3.05) is 12.3 Å². The molecule has 0 saturated carbocycles. The van der Waals surface area contributed by atoms with Crippen LogP contribution < -0.4 is 11.4 Å². The molecule has 0 aromatic carbocycles. The van der Waals surface area contributed by atoms with Crippen LogP contribution >= 0.6 is 0 Å². The number of esters is 1. The zero-order valence-electron chi connectivity index (χ0n) is 16.5. The predicted octanol–water partition coefficient (Wildman–Crippen LogP) is 0.510. The Bertz CT molecular complexity index is 883. The van der Waals surface area contributed by atoms with Crippen molar-refractivity contribution in [3.8, 4) is 6.07 Å². The Morgan fingerprint density at radius 2 is 2.07 bits per heavy atom. The van der Waals surface area contributed by atoms with Gasteiger partial charge in [0.15, 0.2) is 11.9 Å². The summed E-state index contributed by atoms with van der Waals surface area (Å²) in [5.74, 6) is -1.42. The van der Waals surface area contributed by atoms with Crippen LogP contribution in [0.3, 0.4) is 0 Å². The van der Waals surface area contributed by atoms with Crippen molar-refractivity contribution in [1.82, 2.24) is 9.55 Å². The second kappa shape index (κ2) is 6.55. The minimum atomic E-state index is -1.84. The van der Waals surface area contributed by atoms with Gasteiger partial charge in [0.05, 0.1) is 5.41 Å². The molecular formula is C18H24N4O6. The first-order chi connectivity index (χ1) is 12.9. The Morgan fingerprint density at radius 3 is 2.64 bits per heavy atom. The van der Waals surface area contributed by atoms with E-state index < -0.39 is 46.9 Å². The summed E-state index contributed by atoms with van der Waals surface area (Å²) in [5.41, 5.74) is 2.25. The molecule has 3 heterocycles. The molecule has 3 rings (SSSR count). The lowest BCUT2D eigenvalue weighted by atomic mass is 9.97. The standard InChI is InChI=1S/C18H24N4O6/c1-16(2,3)14(23)25-8-10-12-13(28-17(4,5)27-12)18(9-19,26-10)22-7-6-11(20)21-15(22)24/h6-7,10,12-13H,8H2,1-5H3,(H2,20,21,24)/t10-,12-,13-,18-/m1/s1. The fraction of sp³-hybridized carbons (Fsp3) is 0.667. The van der Waals surface area contributed by atoms with E-state index in [0.717, 1.165) is 4.57 Å². The number of fused-ring (bicyclic) bond motifs is 1. The molecule has 2 aliphatic heterocycles. The van der Waals surface area contributed by atoms with Crippen LogP contribution in [0.2, 0.25) is 0 Å². The maximum absolute atomic E-state index is 12.4. The second-order valence-corrected chi connectivity index (χ2v) is 8.34. The largest absolute Gasteiger partial charge is 0.462 e. The number of nitrogens with two attached hydrogens (primary N) is 1. The van der Waals surface area contributed by atoms with Crippen LogP contribution in [0.1, 0.15) is 34.6 Å². The molecule has 0 aliphatic carbocycles. The number of ether oxygens (including phenoxy) is 4. The summed E-state index contributed by atoms with van der Waals surface area (Å²) in [6.07, 6.45) is -1.16. The molecule has 0 unspecified atom stereocenters. The number of hydrogen-bond donors (Lipinski definition) is 1. The van der Waals surface area contributed by atoms with Crippen LogP contribution in [0.4, 0.5) is 5.82 Å². The van der Waals surface area contributed by atoms with Gasteiger partial charge in [-0.3, -0.25) is 9.36 Å². The molecule has 28 heavy (non-hydrogen) atoms. The third-order valence-electron chi connectivity index (χ3n) is 4.55. The van der Waals surface area contributed by atoms with E-state index in [4.69, 9.17) is 24.7 Å². The van der Waals surface area contributed by atoms with Gasteiger partial charge in [-0.1, -0.05) is 0 Å². The van der Waals surface area contributed by atoms with E-state index in [0.29, 0.717) is 0 Å². The summed E-state index contributed by atoms with van der Waals surface area (Å²) >= 11 is 0. The van der Waals surface area contributed by atoms with E-state index in [1.807, 2.05) is 6.07 Å². The predicted molar refractivity (Wildman–Crippen MR) is 95.6 cm³/mol. The van der Waals surface area contributed by atoms with Gasteiger partial charge in [0.25, 0.3) is 5.72 Å².